The van der Waals surface area contributed by atoms with E-state index in [2.05, 4.69) is 5.32 Å². The van der Waals surface area contributed by atoms with Crippen LogP contribution in [0.5, 0.6) is 17.2 Å². The molecule has 0 unspecified atom stereocenters. The molecule has 0 spiro atoms. The molecule has 0 saturated heterocycles. The number of benzene rings is 3. The number of nitrogens with one attached hydrogen (secondary N) is 1. The Bertz CT molecular complexity index is 1360. The molecule has 3 aromatic rings. The Morgan fingerprint density at radius 1 is 0.875 bits per heavy atom. The smallest absolute Gasteiger partial charge is 0.244 e. The van der Waals surface area contributed by atoms with Crippen LogP contribution in [0, 0.1) is 0 Å². The average molecular weight is 568 g/mol. The summed E-state index contributed by atoms with van der Waals surface area (Å²) in [7, 11) is -2.28. The number of anilines is 1. The molecule has 0 fully saturated rings. The van der Waals surface area contributed by atoms with E-state index < -0.39 is 28.5 Å². The molecule has 2 amide bonds. The summed E-state index contributed by atoms with van der Waals surface area (Å²) in [5.74, 6) is 0.991. The van der Waals surface area contributed by atoms with Gasteiger partial charge in [-0.2, -0.15) is 0 Å². The third-order valence-electron chi connectivity index (χ3n) is 6.46. The normalized spacial score (nSPS) is 12.6. The fourth-order valence-electron chi connectivity index (χ4n) is 3.89. The third kappa shape index (κ3) is 8.47. The minimum atomic E-state index is -3.84. The molecule has 3 rings (SSSR count). The van der Waals surface area contributed by atoms with E-state index in [0.29, 0.717) is 22.9 Å². The summed E-state index contributed by atoms with van der Waals surface area (Å²) in [6.07, 6.45) is 1.78. The summed E-state index contributed by atoms with van der Waals surface area (Å²) in [6, 6.07) is 21.9. The van der Waals surface area contributed by atoms with Gasteiger partial charge in [-0.15, -0.1) is 0 Å². The standard InChI is InChI=1S/C30H37N3O6S/c1-6-22(2)31-30(35)23(3)32(20-24-12-16-26(38-4)17-13-24)29(34)21-33(40(5,36)37)25-14-18-28(19-15-25)39-27-10-8-7-9-11-27/h7-19,22-23H,6,20-21H2,1-5H3,(H,31,35)/t22-,23+/m0/s1. The number of methoxy groups -OCH3 is 1. The summed E-state index contributed by atoms with van der Waals surface area (Å²) in [5.41, 5.74) is 1.07. The van der Waals surface area contributed by atoms with Crippen LogP contribution >= 0.6 is 0 Å². The van der Waals surface area contributed by atoms with Crippen LogP contribution in [0.1, 0.15) is 32.8 Å². The molecule has 0 bridgehead atoms. The molecule has 10 heteroatoms. The van der Waals surface area contributed by atoms with Crippen LogP contribution in [0.2, 0.25) is 0 Å². The number of nitrogens with zero attached hydrogens (tertiary/aromatic N) is 2. The molecular formula is C30H37N3O6S. The molecule has 0 aliphatic heterocycles. The molecule has 0 aromatic heterocycles. The molecule has 40 heavy (non-hydrogen) atoms. The lowest BCUT2D eigenvalue weighted by Crippen LogP contribution is -2.52. The minimum absolute atomic E-state index is 0.0722. The van der Waals surface area contributed by atoms with Crippen molar-refractivity contribution < 1.29 is 27.5 Å². The molecule has 0 radical (unpaired) electrons. The van der Waals surface area contributed by atoms with Crippen molar-refractivity contribution in [3.8, 4) is 17.2 Å². The number of carbonyl (C=O) groups is 2. The van der Waals surface area contributed by atoms with Gasteiger partial charge in [0.2, 0.25) is 21.8 Å². The molecule has 0 heterocycles. The van der Waals surface area contributed by atoms with Crippen LogP contribution in [0.3, 0.4) is 0 Å². The van der Waals surface area contributed by atoms with E-state index in [1.54, 1.807) is 62.6 Å². The van der Waals surface area contributed by atoms with Crippen molar-refractivity contribution >= 4 is 27.5 Å². The predicted octanol–water partition coefficient (Wildman–Crippen LogP) is 4.59. The predicted molar refractivity (Wildman–Crippen MR) is 156 cm³/mol. The van der Waals surface area contributed by atoms with Crippen LogP contribution in [0.25, 0.3) is 0 Å². The highest BCUT2D eigenvalue weighted by Crippen LogP contribution is 2.26. The Kier molecular flexibility index (Phi) is 10.6. The highest BCUT2D eigenvalue weighted by Gasteiger charge is 2.30. The quantitative estimate of drug-likeness (QED) is 0.324. The Balaban J connectivity index is 1.86. The summed E-state index contributed by atoms with van der Waals surface area (Å²) in [5, 5.41) is 2.91. The summed E-state index contributed by atoms with van der Waals surface area (Å²) >= 11 is 0. The lowest BCUT2D eigenvalue weighted by Gasteiger charge is -2.32. The zero-order valence-electron chi connectivity index (χ0n) is 23.5. The van der Waals surface area contributed by atoms with Crippen LogP contribution < -0.4 is 19.1 Å². The monoisotopic (exact) mass is 567 g/mol. The van der Waals surface area contributed by atoms with E-state index in [1.807, 2.05) is 44.2 Å². The zero-order chi connectivity index (χ0) is 29.3. The average Bonchev–Trinajstić information content (AvgIpc) is 2.94. The highest BCUT2D eigenvalue weighted by molar-refractivity contribution is 7.92. The van der Waals surface area contributed by atoms with Crippen molar-refractivity contribution in [1.29, 1.82) is 0 Å². The number of sulfonamides is 1. The zero-order valence-corrected chi connectivity index (χ0v) is 24.4. The Morgan fingerprint density at radius 2 is 1.45 bits per heavy atom. The summed E-state index contributed by atoms with van der Waals surface area (Å²) < 4.78 is 37.7. The topological polar surface area (TPSA) is 105 Å². The molecule has 2 atom stereocenters. The molecule has 3 aromatic carbocycles. The van der Waals surface area contributed by atoms with E-state index in [0.717, 1.165) is 22.5 Å². The second-order valence-electron chi connectivity index (χ2n) is 9.54. The highest BCUT2D eigenvalue weighted by atomic mass is 32.2. The number of ether oxygens (including phenoxy) is 2. The SMILES string of the molecule is CC[C@H](C)NC(=O)[C@@H](C)N(Cc1ccc(OC)cc1)C(=O)CN(c1ccc(Oc2ccccc2)cc1)S(C)(=O)=O. The first kappa shape index (κ1) is 30.5. The van der Waals surface area contributed by atoms with Crippen molar-refractivity contribution in [3.05, 3.63) is 84.4 Å². The van der Waals surface area contributed by atoms with E-state index >= 15 is 0 Å². The number of rotatable bonds is 13. The van der Waals surface area contributed by atoms with Gasteiger partial charge in [-0.05, 0) is 74.4 Å². The number of para-hydroxylation sites is 1. The van der Waals surface area contributed by atoms with Crippen molar-refractivity contribution in [2.75, 3.05) is 24.2 Å². The second kappa shape index (κ2) is 13.8. The largest absolute Gasteiger partial charge is 0.497 e. The molecule has 1 N–H and O–H groups in total. The Labute approximate surface area is 236 Å². The maximum absolute atomic E-state index is 13.7. The van der Waals surface area contributed by atoms with E-state index in [9.17, 15) is 18.0 Å². The molecule has 0 saturated carbocycles. The first-order valence-electron chi connectivity index (χ1n) is 13.0. The summed E-state index contributed by atoms with van der Waals surface area (Å²) in [4.78, 5) is 28.1. The summed E-state index contributed by atoms with van der Waals surface area (Å²) in [6.45, 7) is 5.11. The third-order valence-corrected chi connectivity index (χ3v) is 7.60. The molecule has 214 valence electrons. The Hall–Kier alpha value is -4.05. The van der Waals surface area contributed by atoms with Crippen molar-refractivity contribution in [2.24, 2.45) is 0 Å². The van der Waals surface area contributed by atoms with Gasteiger partial charge in [-0.3, -0.25) is 13.9 Å². The van der Waals surface area contributed by atoms with Crippen LogP contribution in [0.15, 0.2) is 78.9 Å². The van der Waals surface area contributed by atoms with E-state index in [-0.39, 0.29) is 18.5 Å². The maximum atomic E-state index is 13.7. The number of hydrogen-bond acceptors (Lipinski definition) is 6. The molecule has 0 aliphatic rings. The van der Waals surface area contributed by atoms with Gasteiger partial charge in [0, 0.05) is 12.6 Å². The van der Waals surface area contributed by atoms with Crippen molar-refractivity contribution in [2.45, 2.75) is 45.8 Å². The number of carbonyl (C=O) groups excluding carboxylic acids is 2. The van der Waals surface area contributed by atoms with Crippen LogP contribution in [0.4, 0.5) is 5.69 Å². The number of amides is 2. The van der Waals surface area contributed by atoms with E-state index in [4.69, 9.17) is 9.47 Å². The fraction of sp³-hybridized carbons (Fsp3) is 0.333. The lowest BCUT2D eigenvalue weighted by molar-refractivity contribution is -0.139. The van der Waals surface area contributed by atoms with Gasteiger partial charge in [-0.25, -0.2) is 8.42 Å². The van der Waals surface area contributed by atoms with Gasteiger partial charge >= 0.3 is 0 Å². The maximum Gasteiger partial charge on any atom is 0.244 e. The lowest BCUT2D eigenvalue weighted by atomic mass is 10.1. The van der Waals surface area contributed by atoms with Crippen LogP contribution in [-0.2, 0) is 26.2 Å². The van der Waals surface area contributed by atoms with Gasteiger partial charge in [0.25, 0.3) is 0 Å². The molecule has 9 nitrogen and oxygen atoms in total. The molecular weight excluding hydrogens is 530 g/mol. The first-order valence-corrected chi connectivity index (χ1v) is 14.9. The van der Waals surface area contributed by atoms with Gasteiger partial charge in [0.15, 0.2) is 0 Å². The van der Waals surface area contributed by atoms with Gasteiger partial charge in [0.1, 0.15) is 29.8 Å². The van der Waals surface area contributed by atoms with Crippen molar-refractivity contribution in [3.63, 3.8) is 0 Å². The van der Waals surface area contributed by atoms with Crippen molar-refractivity contribution in [1.82, 2.24) is 10.2 Å². The van der Waals surface area contributed by atoms with E-state index in [1.165, 1.54) is 4.90 Å². The fourth-order valence-corrected chi connectivity index (χ4v) is 4.74. The second-order valence-corrected chi connectivity index (χ2v) is 11.4. The Morgan fingerprint density at radius 3 is 2.00 bits per heavy atom. The number of hydrogen-bond donors (Lipinski definition) is 1. The minimum Gasteiger partial charge on any atom is -0.497 e. The van der Waals surface area contributed by atoms with Gasteiger partial charge in [-0.1, -0.05) is 37.3 Å². The van der Waals surface area contributed by atoms with Crippen LogP contribution in [-0.4, -0.2) is 57.1 Å². The first-order chi connectivity index (χ1) is 19.0. The van der Waals surface area contributed by atoms with Gasteiger partial charge in [0.05, 0.1) is 19.1 Å². The van der Waals surface area contributed by atoms with Gasteiger partial charge < -0.3 is 19.7 Å². The molecule has 0 aliphatic carbocycles.